The summed E-state index contributed by atoms with van der Waals surface area (Å²) in [5.74, 6) is 0.871. The molecule has 0 bridgehead atoms. The average Bonchev–Trinajstić information content (AvgIpc) is 3.47. The van der Waals surface area contributed by atoms with Crippen LogP contribution >= 0.6 is 0 Å². The Kier molecular flexibility index (Phi) is 5.61. The number of hydrogen-bond acceptors (Lipinski definition) is 4. The molecule has 5 heteroatoms. The minimum absolute atomic E-state index is 0.0968. The van der Waals surface area contributed by atoms with E-state index in [1.54, 1.807) is 7.11 Å². The van der Waals surface area contributed by atoms with Crippen molar-refractivity contribution in [2.45, 2.75) is 51.2 Å². The van der Waals surface area contributed by atoms with Crippen molar-refractivity contribution >= 4 is 11.6 Å². The number of nitrogens with zero attached hydrogens (tertiary/aromatic N) is 3. The third-order valence-electron chi connectivity index (χ3n) is 7.43. The summed E-state index contributed by atoms with van der Waals surface area (Å²) in [5, 5.41) is 0. The van der Waals surface area contributed by atoms with Crippen molar-refractivity contribution in [3.8, 4) is 5.75 Å². The standard InChI is InChI=1S/C26H33N3O2/c1-19-4-3-13-29(19)24-12-15-27(18-24)23-8-5-22-17-28(14-11-21(22)16-23)26(30)20-6-9-25(31-2)10-7-20/h5-10,16,19,24H,3-4,11-15,17-18H2,1-2H3. The number of amides is 1. The first-order chi connectivity index (χ1) is 15.1. The van der Waals surface area contributed by atoms with Gasteiger partial charge in [-0.15, -0.1) is 0 Å². The number of likely N-dealkylation sites (tertiary alicyclic amines) is 1. The van der Waals surface area contributed by atoms with Crippen LogP contribution < -0.4 is 9.64 Å². The Hall–Kier alpha value is -2.53. The summed E-state index contributed by atoms with van der Waals surface area (Å²) in [5.41, 5.74) is 4.75. The lowest BCUT2D eigenvalue weighted by Crippen LogP contribution is -2.39. The molecule has 164 valence electrons. The Labute approximate surface area is 185 Å². The molecule has 0 N–H and O–H groups in total. The molecule has 2 unspecified atom stereocenters. The maximum Gasteiger partial charge on any atom is 0.254 e. The van der Waals surface area contributed by atoms with Gasteiger partial charge < -0.3 is 14.5 Å². The smallest absolute Gasteiger partial charge is 0.254 e. The Morgan fingerprint density at radius 2 is 1.84 bits per heavy atom. The number of hydrogen-bond donors (Lipinski definition) is 0. The molecule has 0 saturated carbocycles. The molecule has 0 aliphatic carbocycles. The van der Waals surface area contributed by atoms with Gasteiger partial charge in [-0.05, 0) is 86.7 Å². The minimum atomic E-state index is 0.0968. The second-order valence-corrected chi connectivity index (χ2v) is 9.28. The van der Waals surface area contributed by atoms with Crippen LogP contribution in [0.15, 0.2) is 42.5 Å². The SMILES string of the molecule is COc1ccc(C(=O)N2CCc3cc(N4CCC(N5CCCC5C)C4)ccc3C2)cc1. The van der Waals surface area contributed by atoms with Gasteiger partial charge in [0.15, 0.2) is 0 Å². The van der Waals surface area contributed by atoms with Crippen molar-refractivity contribution in [1.29, 1.82) is 0 Å². The van der Waals surface area contributed by atoms with Gasteiger partial charge in [0, 0.05) is 49.5 Å². The Morgan fingerprint density at radius 1 is 1.00 bits per heavy atom. The van der Waals surface area contributed by atoms with Crippen molar-refractivity contribution in [1.82, 2.24) is 9.80 Å². The first-order valence-electron chi connectivity index (χ1n) is 11.7. The first-order valence-corrected chi connectivity index (χ1v) is 11.7. The highest BCUT2D eigenvalue weighted by Crippen LogP contribution is 2.31. The van der Waals surface area contributed by atoms with Crippen molar-refractivity contribution < 1.29 is 9.53 Å². The van der Waals surface area contributed by atoms with E-state index in [0.717, 1.165) is 43.4 Å². The molecule has 3 aliphatic rings. The number of methoxy groups -OCH3 is 1. The zero-order valence-corrected chi connectivity index (χ0v) is 18.7. The van der Waals surface area contributed by atoms with E-state index < -0.39 is 0 Å². The Bertz CT molecular complexity index is 942. The summed E-state index contributed by atoms with van der Waals surface area (Å²) in [6, 6.07) is 15.7. The molecule has 0 radical (unpaired) electrons. The number of carbonyl (C=O) groups excluding carboxylic acids is 1. The lowest BCUT2D eigenvalue weighted by atomic mass is 9.98. The third kappa shape index (κ3) is 4.03. The highest BCUT2D eigenvalue weighted by atomic mass is 16.5. The second-order valence-electron chi connectivity index (χ2n) is 9.28. The van der Waals surface area contributed by atoms with Crippen molar-refractivity contribution in [3.63, 3.8) is 0 Å². The molecule has 0 spiro atoms. The summed E-state index contributed by atoms with van der Waals surface area (Å²) < 4.78 is 5.20. The number of carbonyl (C=O) groups is 1. The maximum absolute atomic E-state index is 12.9. The van der Waals surface area contributed by atoms with E-state index in [9.17, 15) is 4.79 Å². The van der Waals surface area contributed by atoms with E-state index in [1.165, 1.54) is 42.6 Å². The highest BCUT2D eigenvalue weighted by molar-refractivity contribution is 5.94. The van der Waals surface area contributed by atoms with Crippen molar-refractivity contribution in [2.75, 3.05) is 38.2 Å². The van der Waals surface area contributed by atoms with Gasteiger partial charge in [-0.2, -0.15) is 0 Å². The van der Waals surface area contributed by atoms with Crippen LogP contribution in [0, 0.1) is 0 Å². The zero-order valence-electron chi connectivity index (χ0n) is 18.7. The lowest BCUT2D eigenvalue weighted by molar-refractivity contribution is 0.0734. The fraction of sp³-hybridized carbons (Fsp3) is 0.500. The van der Waals surface area contributed by atoms with Gasteiger partial charge in [0.05, 0.1) is 7.11 Å². The molecule has 5 rings (SSSR count). The number of ether oxygens (including phenoxy) is 1. The minimum Gasteiger partial charge on any atom is -0.497 e. The molecule has 31 heavy (non-hydrogen) atoms. The first kappa shape index (κ1) is 20.4. The molecule has 2 aromatic carbocycles. The molecule has 2 fully saturated rings. The van der Waals surface area contributed by atoms with Gasteiger partial charge in [-0.25, -0.2) is 0 Å². The lowest BCUT2D eigenvalue weighted by Gasteiger charge is -2.31. The molecule has 2 aromatic rings. The predicted molar refractivity (Wildman–Crippen MR) is 124 cm³/mol. The van der Waals surface area contributed by atoms with E-state index >= 15 is 0 Å². The van der Waals surface area contributed by atoms with Gasteiger partial charge in [-0.3, -0.25) is 9.69 Å². The van der Waals surface area contributed by atoms with Crippen LogP contribution in [0.5, 0.6) is 5.75 Å². The summed E-state index contributed by atoms with van der Waals surface area (Å²) in [7, 11) is 1.64. The van der Waals surface area contributed by atoms with Crippen LogP contribution in [0.2, 0.25) is 0 Å². The Morgan fingerprint density at radius 3 is 2.58 bits per heavy atom. The molecule has 2 saturated heterocycles. The molecular formula is C26H33N3O2. The summed E-state index contributed by atoms with van der Waals surface area (Å²) >= 11 is 0. The fourth-order valence-electron chi connectivity index (χ4n) is 5.57. The van der Waals surface area contributed by atoms with Gasteiger partial charge in [0.25, 0.3) is 5.91 Å². The molecule has 3 aliphatic heterocycles. The van der Waals surface area contributed by atoms with Crippen LogP contribution in [0.3, 0.4) is 0 Å². The molecular weight excluding hydrogens is 386 g/mol. The monoisotopic (exact) mass is 419 g/mol. The van der Waals surface area contributed by atoms with Crippen molar-refractivity contribution in [2.24, 2.45) is 0 Å². The predicted octanol–water partition coefficient (Wildman–Crippen LogP) is 3.96. The topological polar surface area (TPSA) is 36.0 Å². The zero-order chi connectivity index (χ0) is 21.4. The van der Waals surface area contributed by atoms with Crippen molar-refractivity contribution in [3.05, 3.63) is 59.2 Å². The van der Waals surface area contributed by atoms with Crippen LogP contribution in [0.25, 0.3) is 0 Å². The number of fused-ring (bicyclic) bond motifs is 1. The van der Waals surface area contributed by atoms with Crippen LogP contribution in [-0.4, -0.2) is 61.1 Å². The van der Waals surface area contributed by atoms with Crippen LogP contribution in [0.1, 0.15) is 47.7 Å². The van der Waals surface area contributed by atoms with Crippen LogP contribution in [-0.2, 0) is 13.0 Å². The number of anilines is 1. The quantitative estimate of drug-likeness (QED) is 0.752. The van der Waals surface area contributed by atoms with Gasteiger partial charge >= 0.3 is 0 Å². The Balaban J connectivity index is 1.25. The second kappa shape index (κ2) is 8.54. The molecule has 3 heterocycles. The largest absolute Gasteiger partial charge is 0.497 e. The fourth-order valence-corrected chi connectivity index (χ4v) is 5.57. The van der Waals surface area contributed by atoms with Gasteiger partial charge in [0.1, 0.15) is 5.75 Å². The van der Waals surface area contributed by atoms with E-state index in [4.69, 9.17) is 4.74 Å². The third-order valence-corrected chi connectivity index (χ3v) is 7.43. The molecule has 5 nitrogen and oxygen atoms in total. The molecule has 0 aromatic heterocycles. The van der Waals surface area contributed by atoms with E-state index in [-0.39, 0.29) is 5.91 Å². The maximum atomic E-state index is 12.9. The van der Waals surface area contributed by atoms with E-state index in [2.05, 4.69) is 34.9 Å². The molecule has 2 atom stereocenters. The summed E-state index contributed by atoms with van der Waals surface area (Å²) in [4.78, 5) is 20.2. The number of benzene rings is 2. The van der Waals surface area contributed by atoms with E-state index in [0.29, 0.717) is 12.6 Å². The normalized spacial score (nSPS) is 23.8. The molecule has 1 amide bonds. The highest BCUT2D eigenvalue weighted by Gasteiger charge is 2.33. The summed E-state index contributed by atoms with van der Waals surface area (Å²) in [6.45, 7) is 7.40. The summed E-state index contributed by atoms with van der Waals surface area (Å²) in [6.07, 6.45) is 4.89. The van der Waals surface area contributed by atoms with E-state index in [1.807, 2.05) is 29.2 Å². The van der Waals surface area contributed by atoms with Crippen LogP contribution in [0.4, 0.5) is 5.69 Å². The van der Waals surface area contributed by atoms with Gasteiger partial charge in [-0.1, -0.05) is 6.07 Å². The van der Waals surface area contributed by atoms with Gasteiger partial charge in [0.2, 0.25) is 0 Å². The number of rotatable bonds is 4. The average molecular weight is 420 g/mol.